The maximum atomic E-state index is 14.2. The first-order valence-electron chi connectivity index (χ1n) is 16.1. The Hall–Kier alpha value is -3.61. The molecule has 47 heavy (non-hydrogen) atoms. The van der Waals surface area contributed by atoms with Gasteiger partial charge in [-0.2, -0.15) is 13.2 Å². The molecule has 0 aliphatic carbocycles. The molecule has 254 valence electrons. The molecular formula is C35H44F3N5O3S. The Morgan fingerprint density at radius 1 is 1.09 bits per heavy atom. The summed E-state index contributed by atoms with van der Waals surface area (Å²) in [5.74, 6) is 0.137. The second-order valence-corrected chi connectivity index (χ2v) is 14.5. The van der Waals surface area contributed by atoms with Crippen molar-refractivity contribution in [1.29, 1.82) is 0 Å². The molecule has 3 aromatic rings. The maximum Gasteiger partial charge on any atom is 0.419 e. The van der Waals surface area contributed by atoms with Crippen LogP contribution in [-0.2, 0) is 20.9 Å². The number of rotatable bonds is 12. The highest BCUT2D eigenvalue weighted by atomic mass is 32.2. The fourth-order valence-corrected chi connectivity index (χ4v) is 7.06. The van der Waals surface area contributed by atoms with E-state index in [1.54, 1.807) is 6.07 Å². The zero-order chi connectivity index (χ0) is 33.8. The number of sulfone groups is 1. The number of hydroxylamine groups is 1. The molecule has 0 unspecified atom stereocenters. The Balaban J connectivity index is 1.42. The quantitative estimate of drug-likeness (QED) is 0.196. The number of alkyl halides is 3. The van der Waals surface area contributed by atoms with Gasteiger partial charge in [0.25, 0.3) is 0 Å². The van der Waals surface area contributed by atoms with E-state index in [4.69, 9.17) is 4.84 Å². The van der Waals surface area contributed by atoms with Crippen molar-refractivity contribution in [3.8, 4) is 0 Å². The molecule has 1 N–H and O–H groups in total. The lowest BCUT2D eigenvalue weighted by molar-refractivity contribution is -0.137. The van der Waals surface area contributed by atoms with Crippen molar-refractivity contribution in [2.75, 3.05) is 54.3 Å². The van der Waals surface area contributed by atoms with Crippen molar-refractivity contribution in [2.24, 2.45) is 0 Å². The Bertz CT molecular complexity index is 1640. The average molecular weight is 672 g/mol. The van der Waals surface area contributed by atoms with Gasteiger partial charge in [0.15, 0.2) is 9.84 Å². The summed E-state index contributed by atoms with van der Waals surface area (Å²) < 4.78 is 68.1. The SMILES string of the molecule is C=C(C)CCN(CCC)C1CCN(c2cc(Nc3cc(N4OCC[C@H]4c4ccccc4)c(C(F)(F)F)cn3)cc(S(C)(=O)=O)c2)CC1. The molecule has 0 amide bonds. The molecule has 0 spiro atoms. The highest BCUT2D eigenvalue weighted by molar-refractivity contribution is 7.90. The van der Waals surface area contributed by atoms with E-state index in [0.717, 1.165) is 75.6 Å². The molecule has 8 nitrogen and oxygen atoms in total. The summed E-state index contributed by atoms with van der Waals surface area (Å²) in [6, 6.07) is 15.6. The van der Waals surface area contributed by atoms with Gasteiger partial charge in [0, 0.05) is 62.0 Å². The third-order valence-corrected chi connectivity index (χ3v) is 9.88. The van der Waals surface area contributed by atoms with Crippen LogP contribution in [0.25, 0.3) is 0 Å². The predicted octanol–water partition coefficient (Wildman–Crippen LogP) is 7.78. The summed E-state index contributed by atoms with van der Waals surface area (Å²) in [5.41, 5.74) is 2.08. The molecule has 3 heterocycles. The minimum absolute atomic E-state index is 0.118. The first kappa shape index (κ1) is 34.7. The van der Waals surface area contributed by atoms with Gasteiger partial charge in [0.2, 0.25) is 0 Å². The first-order chi connectivity index (χ1) is 22.3. The number of hydrogen-bond donors (Lipinski definition) is 1. The van der Waals surface area contributed by atoms with Crippen LogP contribution in [0.15, 0.2) is 77.8 Å². The van der Waals surface area contributed by atoms with Gasteiger partial charge in [-0.15, -0.1) is 6.58 Å². The molecule has 1 aromatic heterocycles. The molecule has 2 aliphatic heterocycles. The van der Waals surface area contributed by atoms with Crippen LogP contribution in [0.3, 0.4) is 0 Å². The third-order valence-electron chi connectivity index (χ3n) is 8.79. The molecule has 12 heteroatoms. The maximum absolute atomic E-state index is 14.2. The van der Waals surface area contributed by atoms with Crippen molar-refractivity contribution >= 4 is 32.7 Å². The van der Waals surface area contributed by atoms with Gasteiger partial charge in [0.1, 0.15) is 5.82 Å². The number of nitrogens with zero attached hydrogens (tertiary/aromatic N) is 4. The van der Waals surface area contributed by atoms with Gasteiger partial charge in [-0.3, -0.25) is 9.74 Å². The molecule has 2 aromatic carbocycles. The average Bonchev–Trinajstić information content (AvgIpc) is 3.53. The molecule has 0 saturated carbocycles. The fourth-order valence-electron chi connectivity index (χ4n) is 6.39. The summed E-state index contributed by atoms with van der Waals surface area (Å²) in [6.07, 6.45) is 1.70. The van der Waals surface area contributed by atoms with Crippen molar-refractivity contribution in [2.45, 2.75) is 69.1 Å². The molecule has 2 fully saturated rings. The van der Waals surface area contributed by atoms with E-state index in [1.807, 2.05) is 36.4 Å². The second kappa shape index (κ2) is 14.7. The number of hydrogen-bond acceptors (Lipinski definition) is 8. The van der Waals surface area contributed by atoms with Crippen LogP contribution in [0.4, 0.5) is 36.1 Å². The predicted molar refractivity (Wildman–Crippen MR) is 181 cm³/mol. The summed E-state index contributed by atoms with van der Waals surface area (Å²) in [5, 5.41) is 4.41. The van der Waals surface area contributed by atoms with Crippen LogP contribution in [0.1, 0.15) is 63.1 Å². The van der Waals surface area contributed by atoms with Crippen LogP contribution < -0.4 is 15.3 Å². The van der Waals surface area contributed by atoms with E-state index in [1.165, 1.54) is 22.8 Å². The number of benzene rings is 2. The van der Waals surface area contributed by atoms with Crippen LogP contribution in [0.2, 0.25) is 0 Å². The van der Waals surface area contributed by atoms with Gasteiger partial charge in [-0.1, -0.05) is 42.8 Å². The minimum atomic E-state index is -4.67. The number of aromatic nitrogens is 1. The van der Waals surface area contributed by atoms with Crippen molar-refractivity contribution in [3.05, 3.63) is 84.1 Å². The lowest BCUT2D eigenvalue weighted by Gasteiger charge is -2.39. The van der Waals surface area contributed by atoms with Gasteiger partial charge >= 0.3 is 6.18 Å². The zero-order valence-electron chi connectivity index (χ0n) is 27.3. The molecule has 2 aliphatic rings. The fraction of sp³-hybridized carbons (Fsp3) is 0.457. The van der Waals surface area contributed by atoms with Gasteiger partial charge < -0.3 is 10.2 Å². The highest BCUT2D eigenvalue weighted by Crippen LogP contribution is 2.43. The second-order valence-electron chi connectivity index (χ2n) is 12.5. The number of piperidine rings is 1. The lowest BCUT2D eigenvalue weighted by Crippen LogP contribution is -2.45. The zero-order valence-corrected chi connectivity index (χ0v) is 28.1. The highest BCUT2D eigenvalue weighted by Gasteiger charge is 2.39. The van der Waals surface area contributed by atoms with Crippen LogP contribution >= 0.6 is 0 Å². The minimum Gasteiger partial charge on any atom is -0.371 e. The Labute approximate surface area is 276 Å². The molecular weight excluding hydrogens is 627 g/mol. The Kier molecular flexibility index (Phi) is 10.8. The van der Waals surface area contributed by atoms with E-state index in [-0.39, 0.29) is 23.0 Å². The van der Waals surface area contributed by atoms with Crippen LogP contribution in [0, 0.1) is 0 Å². The van der Waals surface area contributed by atoms with E-state index in [2.05, 4.69) is 40.5 Å². The molecule has 2 saturated heterocycles. The topological polar surface area (TPSA) is 78.0 Å². The lowest BCUT2D eigenvalue weighted by atomic mass is 10.0. The van der Waals surface area contributed by atoms with Crippen molar-refractivity contribution < 1.29 is 26.4 Å². The first-order valence-corrected chi connectivity index (χ1v) is 18.0. The standard InChI is InChI=1S/C35H44F3N5O3S/c1-5-15-41(16-11-25(2)3)28-12-17-42(18-13-28)29-20-27(21-30(22-29)47(4,44)45)40-34-23-33(31(24-39-34)35(36,37)38)43-32(14-19-46-43)26-9-7-6-8-10-26/h6-10,20-24,28,32H,2,5,11-19H2,1,3-4H3,(H,39,40)/t32-/m0/s1. The number of nitrogens with one attached hydrogen (secondary N) is 1. The Morgan fingerprint density at radius 2 is 1.81 bits per heavy atom. The van der Waals surface area contributed by atoms with Gasteiger partial charge in [-0.05, 0) is 62.9 Å². The van der Waals surface area contributed by atoms with Gasteiger partial charge in [0.05, 0.1) is 28.8 Å². The number of halogens is 3. The van der Waals surface area contributed by atoms with Crippen molar-refractivity contribution in [3.63, 3.8) is 0 Å². The summed E-state index contributed by atoms with van der Waals surface area (Å²) >= 11 is 0. The van der Waals surface area contributed by atoms with Crippen LogP contribution in [0.5, 0.6) is 0 Å². The van der Waals surface area contributed by atoms with E-state index < -0.39 is 27.6 Å². The molecule has 0 radical (unpaired) electrons. The largest absolute Gasteiger partial charge is 0.419 e. The summed E-state index contributed by atoms with van der Waals surface area (Å²) in [6.45, 7) is 12.0. The third kappa shape index (κ3) is 8.65. The van der Waals surface area contributed by atoms with Crippen LogP contribution in [-0.4, -0.2) is 63.4 Å². The monoisotopic (exact) mass is 671 g/mol. The summed E-state index contributed by atoms with van der Waals surface area (Å²) in [4.78, 5) is 14.7. The number of anilines is 4. The smallest absolute Gasteiger partial charge is 0.371 e. The Morgan fingerprint density at radius 3 is 2.45 bits per heavy atom. The molecule has 5 rings (SSSR count). The molecule has 0 bridgehead atoms. The van der Waals surface area contributed by atoms with Crippen molar-refractivity contribution in [1.82, 2.24) is 9.88 Å². The summed E-state index contributed by atoms with van der Waals surface area (Å²) in [7, 11) is -3.59. The van der Waals surface area contributed by atoms with Gasteiger partial charge in [-0.25, -0.2) is 18.5 Å². The van der Waals surface area contributed by atoms with E-state index in [0.29, 0.717) is 18.2 Å². The normalized spacial score (nSPS) is 17.8. The van der Waals surface area contributed by atoms with E-state index in [9.17, 15) is 21.6 Å². The number of pyridine rings is 1. The molecule has 1 atom stereocenters. The van der Waals surface area contributed by atoms with E-state index >= 15 is 0 Å².